The number of anilines is 1. The number of nitro benzene ring substituents is 1. The molecule has 1 unspecified atom stereocenters. The molecule has 0 aliphatic rings. The highest BCUT2D eigenvalue weighted by Gasteiger charge is 2.20. The molecule has 17 heavy (non-hydrogen) atoms. The number of benzene rings is 1. The van der Waals surface area contributed by atoms with Gasteiger partial charge in [-0.05, 0) is 13.0 Å². The van der Waals surface area contributed by atoms with Crippen LogP contribution in [-0.2, 0) is 4.79 Å². The van der Waals surface area contributed by atoms with E-state index in [9.17, 15) is 19.3 Å². The van der Waals surface area contributed by atoms with Gasteiger partial charge in [-0.25, -0.2) is 4.39 Å². The summed E-state index contributed by atoms with van der Waals surface area (Å²) in [5.74, 6) is -1.60. The van der Waals surface area contributed by atoms with Crippen LogP contribution in [0.1, 0.15) is 6.92 Å². The Kier molecular flexibility index (Phi) is 3.84. The molecule has 0 aromatic heterocycles. The highest BCUT2D eigenvalue weighted by Crippen LogP contribution is 2.30. The maximum atomic E-state index is 13.1. The van der Waals surface area contributed by atoms with Crippen molar-refractivity contribution in [2.24, 2.45) is 5.73 Å². The van der Waals surface area contributed by atoms with Gasteiger partial charge in [0.25, 0.3) is 5.69 Å². The molecule has 0 saturated heterocycles. The van der Waals surface area contributed by atoms with Gasteiger partial charge in [-0.2, -0.15) is 0 Å². The van der Waals surface area contributed by atoms with Gasteiger partial charge in [0.15, 0.2) is 0 Å². The topological polar surface area (TPSA) is 98.3 Å². The summed E-state index contributed by atoms with van der Waals surface area (Å²) in [6, 6.07) is 0.877. The molecule has 0 radical (unpaired) electrons. The highest BCUT2D eigenvalue weighted by molar-refractivity contribution is 6.31. The van der Waals surface area contributed by atoms with E-state index in [0.717, 1.165) is 6.07 Å². The summed E-state index contributed by atoms with van der Waals surface area (Å²) in [6.07, 6.45) is 0. The number of rotatable bonds is 4. The predicted octanol–water partition coefficient (Wildman–Crippen LogP) is 1.67. The predicted molar refractivity (Wildman–Crippen MR) is 60.3 cm³/mol. The molecule has 6 nitrogen and oxygen atoms in total. The average Bonchev–Trinajstić information content (AvgIpc) is 2.22. The van der Waals surface area contributed by atoms with Gasteiger partial charge in [0.05, 0.1) is 16.0 Å². The fraction of sp³-hybridized carbons (Fsp3) is 0.222. The van der Waals surface area contributed by atoms with E-state index in [2.05, 4.69) is 5.32 Å². The maximum Gasteiger partial charge on any atom is 0.295 e. The molecule has 0 heterocycles. The summed E-state index contributed by atoms with van der Waals surface area (Å²) in [7, 11) is 0. The summed E-state index contributed by atoms with van der Waals surface area (Å²) in [4.78, 5) is 20.7. The molecule has 0 saturated carbocycles. The molecule has 3 N–H and O–H groups in total. The first-order chi connectivity index (χ1) is 7.82. The molecule has 0 fully saturated rings. The SMILES string of the molecule is CC(Nc1cc(Cl)c(F)cc1[N+](=O)[O-])C(N)=O. The zero-order chi connectivity index (χ0) is 13.2. The average molecular weight is 262 g/mol. The van der Waals surface area contributed by atoms with E-state index in [4.69, 9.17) is 17.3 Å². The first kappa shape index (κ1) is 13.2. The second kappa shape index (κ2) is 4.96. The molecule has 1 atom stereocenters. The lowest BCUT2D eigenvalue weighted by Crippen LogP contribution is -2.32. The van der Waals surface area contributed by atoms with Crippen molar-refractivity contribution in [3.05, 3.63) is 33.1 Å². The van der Waals surface area contributed by atoms with Gasteiger partial charge in [0, 0.05) is 0 Å². The molecule has 1 rings (SSSR count). The van der Waals surface area contributed by atoms with Gasteiger partial charge in [-0.3, -0.25) is 14.9 Å². The smallest absolute Gasteiger partial charge is 0.295 e. The second-order valence-corrected chi connectivity index (χ2v) is 3.72. The quantitative estimate of drug-likeness (QED) is 0.636. The van der Waals surface area contributed by atoms with E-state index in [1.54, 1.807) is 0 Å². The third-order valence-electron chi connectivity index (χ3n) is 2.03. The molecule has 0 bridgehead atoms. The van der Waals surface area contributed by atoms with Gasteiger partial charge >= 0.3 is 0 Å². The maximum absolute atomic E-state index is 13.1. The number of nitro groups is 1. The summed E-state index contributed by atoms with van der Waals surface area (Å²) >= 11 is 5.50. The minimum atomic E-state index is -0.907. The van der Waals surface area contributed by atoms with Crippen molar-refractivity contribution in [1.82, 2.24) is 0 Å². The molecule has 8 heteroatoms. The fourth-order valence-corrected chi connectivity index (χ4v) is 1.27. The van der Waals surface area contributed by atoms with Crippen LogP contribution in [0.2, 0.25) is 5.02 Å². The van der Waals surface area contributed by atoms with E-state index < -0.39 is 28.4 Å². The largest absolute Gasteiger partial charge is 0.368 e. The fourth-order valence-electron chi connectivity index (χ4n) is 1.11. The van der Waals surface area contributed by atoms with Crippen LogP contribution in [-0.4, -0.2) is 16.9 Å². The van der Waals surface area contributed by atoms with Crippen molar-refractivity contribution in [2.45, 2.75) is 13.0 Å². The number of carbonyl (C=O) groups excluding carboxylic acids is 1. The monoisotopic (exact) mass is 261 g/mol. The lowest BCUT2D eigenvalue weighted by atomic mass is 10.2. The van der Waals surface area contributed by atoms with E-state index in [1.807, 2.05) is 0 Å². The molecule has 1 amide bonds. The minimum absolute atomic E-state index is 0.0623. The lowest BCUT2D eigenvalue weighted by Gasteiger charge is -2.12. The number of primary amides is 1. The summed E-state index contributed by atoms with van der Waals surface area (Å²) in [5, 5.41) is 12.9. The van der Waals surface area contributed by atoms with Crippen LogP contribution in [0.25, 0.3) is 0 Å². The number of amides is 1. The standard InChI is InChI=1S/C9H9ClFN3O3/c1-4(9(12)15)13-7-2-5(10)6(11)3-8(7)14(16)17/h2-4,13H,1H3,(H2,12,15). The zero-order valence-electron chi connectivity index (χ0n) is 8.74. The minimum Gasteiger partial charge on any atom is -0.368 e. The Balaban J connectivity index is 3.17. The molecule has 0 aliphatic carbocycles. The van der Waals surface area contributed by atoms with Crippen LogP contribution < -0.4 is 11.1 Å². The number of hydrogen-bond donors (Lipinski definition) is 2. The van der Waals surface area contributed by atoms with Crippen molar-refractivity contribution in [3.8, 4) is 0 Å². The van der Waals surface area contributed by atoms with Crippen molar-refractivity contribution in [1.29, 1.82) is 0 Å². The number of nitrogens with two attached hydrogens (primary N) is 1. The molecule has 0 spiro atoms. The molecule has 1 aromatic carbocycles. The molecule has 0 aliphatic heterocycles. The Morgan fingerprint density at radius 1 is 1.65 bits per heavy atom. The molecular formula is C9H9ClFN3O3. The Hall–Kier alpha value is -1.89. The van der Waals surface area contributed by atoms with Crippen LogP contribution in [0.15, 0.2) is 12.1 Å². The highest BCUT2D eigenvalue weighted by atomic mass is 35.5. The number of nitrogens with zero attached hydrogens (tertiary/aromatic N) is 1. The van der Waals surface area contributed by atoms with Crippen LogP contribution >= 0.6 is 11.6 Å². The van der Waals surface area contributed by atoms with Gasteiger partial charge in [0.2, 0.25) is 5.91 Å². The number of hydrogen-bond acceptors (Lipinski definition) is 4. The second-order valence-electron chi connectivity index (χ2n) is 3.31. The van der Waals surface area contributed by atoms with Gasteiger partial charge < -0.3 is 11.1 Å². The van der Waals surface area contributed by atoms with E-state index in [0.29, 0.717) is 6.07 Å². The third kappa shape index (κ3) is 3.04. The lowest BCUT2D eigenvalue weighted by molar-refractivity contribution is -0.384. The first-order valence-electron chi connectivity index (χ1n) is 4.52. The Bertz CT molecular complexity index is 481. The summed E-state index contributed by atoms with van der Waals surface area (Å²) < 4.78 is 13.1. The molecule has 1 aromatic rings. The number of carbonyl (C=O) groups is 1. The van der Waals surface area contributed by atoms with Crippen molar-refractivity contribution in [2.75, 3.05) is 5.32 Å². The first-order valence-corrected chi connectivity index (χ1v) is 4.90. The zero-order valence-corrected chi connectivity index (χ0v) is 9.49. The number of halogens is 2. The van der Waals surface area contributed by atoms with Crippen molar-refractivity contribution in [3.63, 3.8) is 0 Å². The van der Waals surface area contributed by atoms with Gasteiger partial charge in [0.1, 0.15) is 17.5 Å². The van der Waals surface area contributed by atoms with Gasteiger partial charge in [-0.15, -0.1) is 0 Å². The van der Waals surface area contributed by atoms with E-state index >= 15 is 0 Å². The summed E-state index contributed by atoms with van der Waals surface area (Å²) in [5.41, 5.74) is 4.42. The Morgan fingerprint density at radius 3 is 2.71 bits per heavy atom. The van der Waals surface area contributed by atoms with Crippen LogP contribution in [0.5, 0.6) is 0 Å². The van der Waals surface area contributed by atoms with Crippen molar-refractivity contribution < 1.29 is 14.1 Å². The van der Waals surface area contributed by atoms with Crippen LogP contribution in [0.3, 0.4) is 0 Å². The van der Waals surface area contributed by atoms with Crippen LogP contribution in [0, 0.1) is 15.9 Å². The summed E-state index contributed by atoms with van der Waals surface area (Å²) in [6.45, 7) is 1.42. The van der Waals surface area contributed by atoms with Crippen molar-refractivity contribution >= 4 is 28.9 Å². The Labute approximate surface area is 101 Å². The number of nitrogens with one attached hydrogen (secondary N) is 1. The normalized spacial score (nSPS) is 11.9. The third-order valence-corrected chi connectivity index (χ3v) is 2.32. The van der Waals surface area contributed by atoms with Gasteiger partial charge in [-0.1, -0.05) is 11.6 Å². The van der Waals surface area contributed by atoms with Crippen LogP contribution in [0.4, 0.5) is 15.8 Å². The van der Waals surface area contributed by atoms with E-state index in [-0.39, 0.29) is 10.7 Å². The molecule has 92 valence electrons. The Morgan fingerprint density at radius 2 is 2.24 bits per heavy atom. The molecular weight excluding hydrogens is 253 g/mol. The van der Waals surface area contributed by atoms with E-state index in [1.165, 1.54) is 6.92 Å².